The lowest BCUT2D eigenvalue weighted by molar-refractivity contribution is 0.410. The predicted molar refractivity (Wildman–Crippen MR) is 48.8 cm³/mol. The van der Waals surface area contributed by atoms with Crippen LogP contribution in [0.3, 0.4) is 0 Å². The van der Waals surface area contributed by atoms with Gasteiger partial charge in [-0.15, -0.1) is 0 Å². The van der Waals surface area contributed by atoms with Crippen molar-refractivity contribution in [2.45, 2.75) is 25.3 Å². The zero-order chi connectivity index (χ0) is 9.10. The van der Waals surface area contributed by atoms with E-state index >= 15 is 0 Å². The summed E-state index contributed by atoms with van der Waals surface area (Å²) in [6.07, 6.45) is 6.51. The Hall–Kier alpha value is -0.960. The summed E-state index contributed by atoms with van der Waals surface area (Å²) in [5.74, 6) is -0.245. The van der Waals surface area contributed by atoms with E-state index in [-0.39, 0.29) is 5.82 Å². The third kappa shape index (κ3) is 2.04. The number of hydrogen-bond donors (Lipinski definition) is 1. The first kappa shape index (κ1) is 8.63. The molecule has 1 aliphatic rings. The summed E-state index contributed by atoms with van der Waals surface area (Å²) in [4.78, 5) is 3.84. The van der Waals surface area contributed by atoms with Crippen molar-refractivity contribution >= 4 is 0 Å². The number of halogens is 1. The van der Waals surface area contributed by atoms with Crippen molar-refractivity contribution in [1.82, 2.24) is 10.3 Å². The monoisotopic (exact) mass is 180 g/mol. The fourth-order valence-corrected chi connectivity index (χ4v) is 1.76. The van der Waals surface area contributed by atoms with Crippen molar-refractivity contribution in [3.05, 3.63) is 29.8 Å². The van der Waals surface area contributed by atoms with E-state index in [9.17, 15) is 4.39 Å². The van der Waals surface area contributed by atoms with Crippen molar-refractivity contribution in [1.29, 1.82) is 0 Å². The molecule has 1 aliphatic heterocycles. The van der Waals surface area contributed by atoms with E-state index in [1.165, 1.54) is 19.0 Å². The third-order valence-corrected chi connectivity index (χ3v) is 2.44. The van der Waals surface area contributed by atoms with Gasteiger partial charge in [0.15, 0.2) is 0 Å². The number of hydrogen-bond acceptors (Lipinski definition) is 2. The molecule has 1 N–H and O–H groups in total. The van der Waals surface area contributed by atoms with Crippen molar-refractivity contribution in [2.24, 2.45) is 0 Å². The molecular formula is C10H13FN2. The molecule has 2 rings (SSSR count). The molecule has 0 radical (unpaired) electrons. The minimum Gasteiger partial charge on any atom is -0.310 e. The quantitative estimate of drug-likeness (QED) is 0.715. The van der Waals surface area contributed by atoms with E-state index < -0.39 is 0 Å². The Balaban J connectivity index is 2.14. The zero-order valence-electron chi connectivity index (χ0n) is 7.46. The van der Waals surface area contributed by atoms with E-state index in [0.29, 0.717) is 6.04 Å². The average molecular weight is 180 g/mol. The van der Waals surface area contributed by atoms with Crippen LogP contribution in [0.2, 0.25) is 0 Å². The van der Waals surface area contributed by atoms with Gasteiger partial charge in [-0.2, -0.15) is 0 Å². The fourth-order valence-electron chi connectivity index (χ4n) is 1.76. The first-order chi connectivity index (χ1) is 6.36. The maximum atomic E-state index is 12.8. The lowest BCUT2D eigenvalue weighted by Crippen LogP contribution is -2.26. The number of rotatable bonds is 1. The molecule has 1 aromatic heterocycles. The van der Waals surface area contributed by atoms with Crippen LogP contribution in [0.15, 0.2) is 18.5 Å². The number of piperidine rings is 1. The molecule has 1 atom stereocenters. The van der Waals surface area contributed by atoms with Gasteiger partial charge in [-0.3, -0.25) is 4.98 Å². The molecule has 13 heavy (non-hydrogen) atoms. The average Bonchev–Trinajstić information content (AvgIpc) is 2.19. The smallest absolute Gasteiger partial charge is 0.141 e. The number of nitrogens with one attached hydrogen (secondary N) is 1. The summed E-state index contributed by atoms with van der Waals surface area (Å²) < 4.78 is 12.8. The summed E-state index contributed by atoms with van der Waals surface area (Å²) in [6, 6.07) is 1.87. The Morgan fingerprint density at radius 2 is 2.31 bits per heavy atom. The highest BCUT2D eigenvalue weighted by Gasteiger charge is 2.14. The van der Waals surface area contributed by atoms with Crippen LogP contribution in [0.25, 0.3) is 0 Å². The summed E-state index contributed by atoms with van der Waals surface area (Å²) in [5, 5.41) is 3.36. The highest BCUT2D eigenvalue weighted by Crippen LogP contribution is 2.22. The Kier molecular flexibility index (Phi) is 2.54. The maximum absolute atomic E-state index is 12.8. The molecule has 1 aromatic rings. The second-order valence-corrected chi connectivity index (χ2v) is 3.44. The van der Waals surface area contributed by atoms with Gasteiger partial charge >= 0.3 is 0 Å². The van der Waals surface area contributed by atoms with E-state index in [1.807, 2.05) is 0 Å². The Morgan fingerprint density at radius 3 is 3.00 bits per heavy atom. The predicted octanol–water partition coefficient (Wildman–Crippen LogP) is 2.04. The van der Waals surface area contributed by atoms with Crippen molar-refractivity contribution < 1.29 is 4.39 Å². The van der Waals surface area contributed by atoms with Gasteiger partial charge in [-0.1, -0.05) is 6.42 Å². The van der Waals surface area contributed by atoms with Gasteiger partial charge in [0.25, 0.3) is 0 Å². The zero-order valence-corrected chi connectivity index (χ0v) is 7.46. The van der Waals surface area contributed by atoms with Crippen LogP contribution in [0.1, 0.15) is 30.9 Å². The summed E-state index contributed by atoms with van der Waals surface area (Å²) in [6.45, 7) is 1.03. The molecule has 0 amide bonds. The molecule has 70 valence electrons. The number of nitrogens with zero attached hydrogens (tertiary/aromatic N) is 1. The first-order valence-electron chi connectivity index (χ1n) is 4.70. The van der Waals surface area contributed by atoms with Crippen LogP contribution in [-0.2, 0) is 0 Å². The van der Waals surface area contributed by atoms with Crippen molar-refractivity contribution in [3.8, 4) is 0 Å². The summed E-state index contributed by atoms with van der Waals surface area (Å²) in [5.41, 5.74) is 0.972. The van der Waals surface area contributed by atoms with Crippen molar-refractivity contribution in [3.63, 3.8) is 0 Å². The molecule has 0 aliphatic carbocycles. The van der Waals surface area contributed by atoms with Crippen LogP contribution in [0.4, 0.5) is 4.39 Å². The fraction of sp³-hybridized carbons (Fsp3) is 0.500. The summed E-state index contributed by atoms with van der Waals surface area (Å²) in [7, 11) is 0. The van der Waals surface area contributed by atoms with Gasteiger partial charge in [0.1, 0.15) is 5.82 Å². The maximum Gasteiger partial charge on any atom is 0.141 e. The van der Waals surface area contributed by atoms with Crippen LogP contribution >= 0.6 is 0 Å². The van der Waals surface area contributed by atoms with Crippen LogP contribution in [0, 0.1) is 5.82 Å². The molecule has 0 spiro atoms. The lowest BCUT2D eigenvalue weighted by Gasteiger charge is -2.23. The van der Waals surface area contributed by atoms with Gasteiger partial charge in [0, 0.05) is 12.2 Å². The minimum absolute atomic E-state index is 0.245. The largest absolute Gasteiger partial charge is 0.310 e. The second kappa shape index (κ2) is 3.83. The minimum atomic E-state index is -0.245. The highest BCUT2D eigenvalue weighted by molar-refractivity contribution is 5.15. The van der Waals surface area contributed by atoms with Gasteiger partial charge in [0.05, 0.1) is 6.20 Å². The molecular weight excluding hydrogens is 167 g/mol. The molecule has 0 saturated carbocycles. The Morgan fingerprint density at radius 1 is 1.38 bits per heavy atom. The standard InChI is InChI=1S/C10H13FN2/c11-9-5-8(6-12-7-9)10-3-1-2-4-13-10/h5-7,10,13H,1-4H2. The van der Waals surface area contributed by atoms with Crippen LogP contribution in [0.5, 0.6) is 0 Å². The molecule has 1 saturated heterocycles. The molecule has 1 unspecified atom stereocenters. The number of pyridine rings is 1. The van der Waals surface area contributed by atoms with Gasteiger partial charge in [-0.05, 0) is 31.0 Å². The highest BCUT2D eigenvalue weighted by atomic mass is 19.1. The van der Waals surface area contributed by atoms with E-state index in [4.69, 9.17) is 0 Å². The Labute approximate surface area is 77.2 Å². The molecule has 0 aromatic carbocycles. The normalized spacial score (nSPS) is 23.0. The van der Waals surface area contributed by atoms with E-state index in [0.717, 1.165) is 18.5 Å². The van der Waals surface area contributed by atoms with Gasteiger partial charge in [-0.25, -0.2) is 4.39 Å². The topological polar surface area (TPSA) is 24.9 Å². The molecule has 0 bridgehead atoms. The van der Waals surface area contributed by atoms with E-state index in [1.54, 1.807) is 12.3 Å². The summed E-state index contributed by atoms with van der Waals surface area (Å²) >= 11 is 0. The van der Waals surface area contributed by atoms with Crippen molar-refractivity contribution in [2.75, 3.05) is 6.54 Å². The second-order valence-electron chi connectivity index (χ2n) is 3.44. The Bertz CT molecular complexity index is 282. The van der Waals surface area contributed by atoms with Gasteiger partial charge in [0.2, 0.25) is 0 Å². The first-order valence-corrected chi connectivity index (χ1v) is 4.70. The van der Waals surface area contributed by atoms with Crippen LogP contribution in [-0.4, -0.2) is 11.5 Å². The molecule has 2 heterocycles. The number of aromatic nitrogens is 1. The molecule has 3 heteroatoms. The third-order valence-electron chi connectivity index (χ3n) is 2.44. The van der Waals surface area contributed by atoms with Crippen LogP contribution < -0.4 is 5.32 Å². The SMILES string of the molecule is Fc1cncc(C2CCCCN2)c1. The molecule has 1 fully saturated rings. The van der Waals surface area contributed by atoms with E-state index in [2.05, 4.69) is 10.3 Å². The molecule has 2 nitrogen and oxygen atoms in total. The van der Waals surface area contributed by atoms with Gasteiger partial charge < -0.3 is 5.32 Å². The lowest BCUT2D eigenvalue weighted by atomic mass is 9.99.